The third-order valence-corrected chi connectivity index (χ3v) is 6.20. The Bertz CT molecular complexity index is 892. The van der Waals surface area contributed by atoms with Crippen LogP contribution in [-0.2, 0) is 22.0 Å². The normalized spacial score (nSPS) is 16.7. The molecule has 2 heterocycles. The number of amides is 1. The molecule has 9 nitrogen and oxygen atoms in total. The van der Waals surface area contributed by atoms with E-state index < -0.39 is 22.3 Å². The van der Waals surface area contributed by atoms with Crippen LogP contribution in [0, 0.1) is 0 Å². The van der Waals surface area contributed by atoms with Crippen molar-refractivity contribution >= 4 is 16.3 Å². The second kappa shape index (κ2) is 8.72. The number of nitrogens with zero attached hydrogens (tertiary/aromatic N) is 4. The summed E-state index contributed by atoms with van der Waals surface area (Å²) >= 11 is 0. The molecule has 2 aromatic rings. The number of aryl methyl sites for hydroxylation is 1. The Kier molecular flexibility index (Phi) is 6.32. The summed E-state index contributed by atoms with van der Waals surface area (Å²) in [5.41, 5.74) is 0.797. The van der Waals surface area contributed by atoms with Gasteiger partial charge in [0.2, 0.25) is 0 Å². The first-order valence-electron chi connectivity index (χ1n) is 9.13. The Labute approximate surface area is 165 Å². The van der Waals surface area contributed by atoms with Crippen molar-refractivity contribution in [2.45, 2.75) is 13.0 Å². The van der Waals surface area contributed by atoms with E-state index in [1.54, 1.807) is 23.9 Å². The fraction of sp³-hybridized carbons (Fsp3) is 0.444. The number of hydrogen-bond donors (Lipinski definition) is 1. The molecule has 1 N–H and O–H groups in total. The SMILES string of the molecule is CCOC(=O)N1CCN(S(=O)(=O)NC(c2ccccc2)c2nccn2C)CC1. The Hall–Kier alpha value is -2.43. The number of rotatable bonds is 6. The van der Waals surface area contributed by atoms with Crippen molar-refractivity contribution in [1.82, 2.24) is 23.5 Å². The molecule has 1 aliphatic rings. The molecule has 1 saturated heterocycles. The van der Waals surface area contributed by atoms with Gasteiger partial charge in [0.1, 0.15) is 11.9 Å². The summed E-state index contributed by atoms with van der Waals surface area (Å²) < 4.78 is 36.9. The van der Waals surface area contributed by atoms with Crippen molar-refractivity contribution in [2.75, 3.05) is 32.8 Å². The summed E-state index contributed by atoms with van der Waals surface area (Å²) in [6, 6.07) is 8.70. The summed E-state index contributed by atoms with van der Waals surface area (Å²) in [5.74, 6) is 0.597. The number of benzene rings is 1. The number of carbonyl (C=O) groups is 1. The Morgan fingerprint density at radius 3 is 2.46 bits per heavy atom. The molecule has 1 aliphatic heterocycles. The summed E-state index contributed by atoms with van der Waals surface area (Å²) in [4.78, 5) is 17.7. The molecule has 0 saturated carbocycles. The minimum atomic E-state index is -3.78. The van der Waals surface area contributed by atoms with E-state index in [4.69, 9.17) is 4.74 Å². The average molecular weight is 407 g/mol. The summed E-state index contributed by atoms with van der Waals surface area (Å²) in [6.45, 7) is 3.02. The van der Waals surface area contributed by atoms with Gasteiger partial charge < -0.3 is 14.2 Å². The van der Waals surface area contributed by atoms with Crippen LogP contribution in [0.1, 0.15) is 24.4 Å². The topological polar surface area (TPSA) is 96.8 Å². The molecule has 3 rings (SSSR count). The molecule has 1 atom stereocenters. The fourth-order valence-corrected chi connectivity index (χ4v) is 4.45. The van der Waals surface area contributed by atoms with E-state index >= 15 is 0 Å². The Morgan fingerprint density at radius 1 is 1.21 bits per heavy atom. The molecule has 0 bridgehead atoms. The maximum absolute atomic E-state index is 13.0. The Morgan fingerprint density at radius 2 is 1.89 bits per heavy atom. The first kappa shape index (κ1) is 20.3. The minimum absolute atomic E-state index is 0.205. The maximum Gasteiger partial charge on any atom is 0.409 e. The summed E-state index contributed by atoms with van der Waals surface area (Å²) in [7, 11) is -1.96. The van der Waals surface area contributed by atoms with E-state index in [-0.39, 0.29) is 26.2 Å². The van der Waals surface area contributed by atoms with Crippen molar-refractivity contribution < 1.29 is 17.9 Å². The largest absolute Gasteiger partial charge is 0.450 e. The van der Waals surface area contributed by atoms with Crippen LogP contribution in [0.25, 0.3) is 0 Å². The third-order valence-electron chi connectivity index (χ3n) is 4.62. The quantitative estimate of drug-likeness (QED) is 0.774. The van der Waals surface area contributed by atoms with Gasteiger partial charge in [0.05, 0.1) is 6.61 Å². The van der Waals surface area contributed by atoms with E-state index in [1.807, 2.05) is 37.4 Å². The van der Waals surface area contributed by atoms with Gasteiger partial charge in [-0.2, -0.15) is 17.4 Å². The van der Waals surface area contributed by atoms with Crippen LogP contribution in [0.5, 0.6) is 0 Å². The molecule has 1 aromatic heterocycles. The van der Waals surface area contributed by atoms with Crippen LogP contribution in [0.3, 0.4) is 0 Å². The van der Waals surface area contributed by atoms with Gasteiger partial charge >= 0.3 is 6.09 Å². The van der Waals surface area contributed by atoms with E-state index in [2.05, 4.69) is 9.71 Å². The van der Waals surface area contributed by atoms with E-state index in [0.717, 1.165) is 5.56 Å². The van der Waals surface area contributed by atoms with Crippen LogP contribution < -0.4 is 4.72 Å². The molecular formula is C18H25N5O4S. The number of imidazole rings is 1. The zero-order valence-electron chi connectivity index (χ0n) is 16.0. The van der Waals surface area contributed by atoms with Crippen molar-refractivity contribution in [2.24, 2.45) is 7.05 Å². The second-order valence-corrected chi connectivity index (χ2v) is 8.15. The molecule has 0 aliphatic carbocycles. The van der Waals surface area contributed by atoms with Gasteiger partial charge in [-0.05, 0) is 12.5 Å². The van der Waals surface area contributed by atoms with Crippen LogP contribution in [0.15, 0.2) is 42.7 Å². The smallest absolute Gasteiger partial charge is 0.409 e. The lowest BCUT2D eigenvalue weighted by Crippen LogP contribution is -2.54. The molecule has 1 fully saturated rings. The first-order chi connectivity index (χ1) is 13.4. The predicted octanol–water partition coefficient (Wildman–Crippen LogP) is 1.12. The monoisotopic (exact) mass is 407 g/mol. The Balaban J connectivity index is 1.76. The summed E-state index contributed by atoms with van der Waals surface area (Å²) in [5, 5.41) is 0. The zero-order valence-corrected chi connectivity index (χ0v) is 16.8. The van der Waals surface area contributed by atoms with Crippen molar-refractivity contribution in [3.8, 4) is 0 Å². The van der Waals surface area contributed by atoms with Crippen LogP contribution in [0.2, 0.25) is 0 Å². The molecule has 10 heteroatoms. The molecule has 152 valence electrons. The molecular weight excluding hydrogens is 382 g/mol. The first-order valence-corrected chi connectivity index (χ1v) is 10.6. The highest BCUT2D eigenvalue weighted by Crippen LogP contribution is 2.22. The van der Waals surface area contributed by atoms with Gasteiger partial charge in [-0.3, -0.25) is 0 Å². The van der Waals surface area contributed by atoms with Crippen LogP contribution in [0.4, 0.5) is 4.79 Å². The van der Waals surface area contributed by atoms with Gasteiger partial charge in [0.25, 0.3) is 10.2 Å². The lowest BCUT2D eigenvalue weighted by molar-refractivity contribution is 0.0932. The van der Waals surface area contributed by atoms with E-state index in [1.165, 1.54) is 9.21 Å². The highest BCUT2D eigenvalue weighted by atomic mass is 32.2. The maximum atomic E-state index is 13.0. The van der Waals surface area contributed by atoms with E-state index in [0.29, 0.717) is 12.4 Å². The predicted molar refractivity (Wildman–Crippen MR) is 104 cm³/mol. The van der Waals surface area contributed by atoms with Gasteiger partial charge in [0.15, 0.2) is 0 Å². The molecule has 1 unspecified atom stereocenters. The number of nitrogens with one attached hydrogen (secondary N) is 1. The van der Waals surface area contributed by atoms with Crippen LogP contribution >= 0.6 is 0 Å². The lowest BCUT2D eigenvalue weighted by atomic mass is 10.1. The van der Waals surface area contributed by atoms with Crippen molar-refractivity contribution in [3.05, 3.63) is 54.1 Å². The number of ether oxygens (including phenoxy) is 1. The standard InChI is InChI=1S/C18H25N5O4S/c1-3-27-18(24)22-11-13-23(14-12-22)28(25,26)20-16(15-7-5-4-6-8-15)17-19-9-10-21(17)2/h4-10,16,20H,3,11-14H2,1-2H3. The van der Waals surface area contributed by atoms with Crippen LogP contribution in [-0.4, -0.2) is 66.1 Å². The number of aromatic nitrogens is 2. The second-order valence-electron chi connectivity index (χ2n) is 6.45. The third kappa shape index (κ3) is 4.51. The van der Waals surface area contributed by atoms with Gasteiger partial charge in [-0.15, -0.1) is 0 Å². The highest BCUT2D eigenvalue weighted by Gasteiger charge is 2.32. The van der Waals surface area contributed by atoms with Gasteiger partial charge in [0, 0.05) is 45.6 Å². The number of hydrogen-bond acceptors (Lipinski definition) is 5. The number of carbonyl (C=O) groups excluding carboxylic acids is 1. The molecule has 1 aromatic carbocycles. The molecule has 28 heavy (non-hydrogen) atoms. The fourth-order valence-electron chi connectivity index (χ4n) is 3.12. The van der Waals surface area contributed by atoms with E-state index in [9.17, 15) is 13.2 Å². The van der Waals surface area contributed by atoms with Gasteiger partial charge in [-0.25, -0.2) is 9.78 Å². The molecule has 0 radical (unpaired) electrons. The van der Waals surface area contributed by atoms with Crippen molar-refractivity contribution in [1.29, 1.82) is 0 Å². The van der Waals surface area contributed by atoms with Crippen molar-refractivity contribution in [3.63, 3.8) is 0 Å². The molecule has 1 amide bonds. The molecule has 0 spiro atoms. The minimum Gasteiger partial charge on any atom is -0.450 e. The lowest BCUT2D eigenvalue weighted by Gasteiger charge is -2.34. The van der Waals surface area contributed by atoms with Gasteiger partial charge in [-0.1, -0.05) is 30.3 Å². The summed E-state index contributed by atoms with van der Waals surface area (Å²) in [6.07, 6.45) is 3.00. The number of piperazine rings is 1. The zero-order chi connectivity index (χ0) is 20.1. The highest BCUT2D eigenvalue weighted by molar-refractivity contribution is 7.87. The average Bonchev–Trinajstić information content (AvgIpc) is 3.13.